The van der Waals surface area contributed by atoms with Crippen molar-refractivity contribution in [2.45, 2.75) is 19.4 Å². The van der Waals surface area contributed by atoms with Crippen LogP contribution in [0.15, 0.2) is 42.5 Å². The van der Waals surface area contributed by atoms with Crippen molar-refractivity contribution in [3.05, 3.63) is 63.6 Å². The highest BCUT2D eigenvalue weighted by molar-refractivity contribution is 6.42. The first kappa shape index (κ1) is 21.4. The van der Waals surface area contributed by atoms with Crippen molar-refractivity contribution in [1.29, 1.82) is 0 Å². The predicted molar refractivity (Wildman–Crippen MR) is 117 cm³/mol. The molecule has 0 spiro atoms. The number of primary amides is 1. The maximum absolute atomic E-state index is 13.2. The number of carbonyl (C=O) groups excluding carboxylic acids is 2. The number of nitrogens with one attached hydrogen (secondary N) is 1. The van der Waals surface area contributed by atoms with E-state index in [4.69, 9.17) is 28.9 Å². The summed E-state index contributed by atoms with van der Waals surface area (Å²) in [7, 11) is 0. The lowest BCUT2D eigenvalue weighted by Crippen LogP contribution is -2.37. The van der Waals surface area contributed by atoms with E-state index in [9.17, 15) is 9.59 Å². The van der Waals surface area contributed by atoms with Crippen molar-refractivity contribution in [1.82, 2.24) is 9.80 Å². The Labute approximate surface area is 180 Å². The molecule has 154 valence electrons. The number of benzene rings is 2. The van der Waals surface area contributed by atoms with E-state index in [1.807, 2.05) is 11.0 Å². The monoisotopic (exact) mass is 434 g/mol. The van der Waals surface area contributed by atoms with E-state index in [0.29, 0.717) is 34.4 Å². The number of carbonyl (C=O) groups is 2. The van der Waals surface area contributed by atoms with Gasteiger partial charge in [0.2, 0.25) is 0 Å². The fourth-order valence-electron chi connectivity index (χ4n) is 3.40. The summed E-state index contributed by atoms with van der Waals surface area (Å²) in [5.74, 6) is -0.0825. The second kappa shape index (κ2) is 9.96. The average Bonchev–Trinajstić information content (AvgIpc) is 3.21. The lowest BCUT2D eigenvalue weighted by molar-refractivity contribution is 0.0727. The van der Waals surface area contributed by atoms with Gasteiger partial charge in [-0.1, -0.05) is 29.3 Å². The van der Waals surface area contributed by atoms with Crippen molar-refractivity contribution in [3.63, 3.8) is 0 Å². The van der Waals surface area contributed by atoms with Crippen LogP contribution in [0.1, 0.15) is 28.8 Å². The van der Waals surface area contributed by atoms with Crippen LogP contribution in [-0.4, -0.2) is 47.9 Å². The first-order chi connectivity index (χ1) is 13.9. The van der Waals surface area contributed by atoms with Crippen molar-refractivity contribution >= 4 is 40.8 Å². The van der Waals surface area contributed by atoms with Gasteiger partial charge >= 0.3 is 6.03 Å². The van der Waals surface area contributed by atoms with Crippen LogP contribution < -0.4 is 11.1 Å². The van der Waals surface area contributed by atoms with Gasteiger partial charge in [0.25, 0.3) is 5.91 Å². The normalized spacial score (nSPS) is 14.0. The maximum Gasteiger partial charge on any atom is 0.316 e. The van der Waals surface area contributed by atoms with Gasteiger partial charge in [-0.25, -0.2) is 4.79 Å². The SMILES string of the molecule is NC(=O)Nc1ccc(C(=O)N(CCN2CCCC2)Cc2ccc(Cl)c(Cl)c2)cc1. The molecule has 0 aliphatic carbocycles. The molecule has 0 bridgehead atoms. The summed E-state index contributed by atoms with van der Waals surface area (Å²) in [6.45, 7) is 4.02. The van der Waals surface area contributed by atoms with E-state index in [1.54, 1.807) is 36.4 Å². The summed E-state index contributed by atoms with van der Waals surface area (Å²) in [6, 6.07) is 11.5. The third-order valence-electron chi connectivity index (χ3n) is 4.93. The van der Waals surface area contributed by atoms with Gasteiger partial charge in [0.1, 0.15) is 0 Å². The van der Waals surface area contributed by atoms with E-state index in [0.717, 1.165) is 25.2 Å². The van der Waals surface area contributed by atoms with Crippen molar-refractivity contribution in [2.75, 3.05) is 31.5 Å². The molecule has 3 rings (SSSR count). The Hall–Kier alpha value is -2.28. The van der Waals surface area contributed by atoms with Crippen LogP contribution in [0.3, 0.4) is 0 Å². The van der Waals surface area contributed by atoms with E-state index in [-0.39, 0.29) is 5.91 Å². The molecular formula is C21H24Cl2N4O2. The maximum atomic E-state index is 13.2. The summed E-state index contributed by atoms with van der Waals surface area (Å²) in [6.07, 6.45) is 2.41. The third-order valence-corrected chi connectivity index (χ3v) is 5.67. The Kier molecular flexibility index (Phi) is 7.36. The molecule has 1 aliphatic rings. The van der Waals surface area contributed by atoms with Crippen LogP contribution in [-0.2, 0) is 6.54 Å². The van der Waals surface area contributed by atoms with Crippen molar-refractivity contribution < 1.29 is 9.59 Å². The molecule has 6 nitrogen and oxygen atoms in total. The summed E-state index contributed by atoms with van der Waals surface area (Å²) < 4.78 is 0. The Morgan fingerprint density at radius 3 is 2.34 bits per heavy atom. The molecule has 2 aromatic carbocycles. The molecule has 3 amide bonds. The molecule has 8 heteroatoms. The lowest BCUT2D eigenvalue weighted by atomic mass is 10.1. The van der Waals surface area contributed by atoms with Crippen LogP contribution in [0.2, 0.25) is 10.0 Å². The first-order valence-corrected chi connectivity index (χ1v) is 10.3. The molecule has 1 fully saturated rings. The standard InChI is InChI=1S/C21H24Cl2N4O2/c22-18-8-3-15(13-19(18)23)14-27(12-11-26-9-1-2-10-26)20(28)16-4-6-17(7-5-16)25-21(24)29/h3-8,13H,1-2,9-12,14H2,(H3,24,25,29). The number of halogens is 2. The molecule has 0 saturated carbocycles. The van der Waals surface area contributed by atoms with Gasteiger partial charge in [-0.3, -0.25) is 4.79 Å². The molecule has 1 saturated heterocycles. The molecule has 0 aromatic heterocycles. The topological polar surface area (TPSA) is 78.7 Å². The van der Waals surface area contributed by atoms with Gasteiger partial charge < -0.3 is 20.9 Å². The average molecular weight is 435 g/mol. The minimum absolute atomic E-state index is 0.0825. The summed E-state index contributed by atoms with van der Waals surface area (Å²) in [5, 5.41) is 3.45. The highest BCUT2D eigenvalue weighted by Crippen LogP contribution is 2.24. The third kappa shape index (κ3) is 6.10. The quantitative estimate of drug-likeness (QED) is 0.684. The number of anilines is 1. The number of hydrogen-bond donors (Lipinski definition) is 2. The molecular weight excluding hydrogens is 411 g/mol. The fraction of sp³-hybridized carbons (Fsp3) is 0.333. The molecule has 29 heavy (non-hydrogen) atoms. The molecule has 0 unspecified atom stereocenters. The number of hydrogen-bond acceptors (Lipinski definition) is 3. The van der Waals surface area contributed by atoms with E-state index >= 15 is 0 Å². The zero-order chi connectivity index (χ0) is 20.8. The predicted octanol–water partition coefficient (Wildman–Crippen LogP) is 4.22. The van der Waals surface area contributed by atoms with Crippen LogP contribution in [0, 0.1) is 0 Å². The zero-order valence-electron chi connectivity index (χ0n) is 16.0. The molecule has 0 radical (unpaired) electrons. The van der Waals surface area contributed by atoms with Gasteiger partial charge in [0.05, 0.1) is 10.0 Å². The van der Waals surface area contributed by atoms with Crippen LogP contribution >= 0.6 is 23.2 Å². The summed E-state index contributed by atoms with van der Waals surface area (Å²) in [5.41, 5.74) is 7.13. The van der Waals surface area contributed by atoms with Gasteiger partial charge in [0.15, 0.2) is 0 Å². The highest BCUT2D eigenvalue weighted by atomic mass is 35.5. The summed E-state index contributed by atoms with van der Waals surface area (Å²) >= 11 is 12.2. The number of nitrogens with two attached hydrogens (primary N) is 1. The highest BCUT2D eigenvalue weighted by Gasteiger charge is 2.19. The van der Waals surface area contributed by atoms with Crippen LogP contribution in [0.5, 0.6) is 0 Å². The Morgan fingerprint density at radius 2 is 1.72 bits per heavy atom. The molecule has 3 N–H and O–H groups in total. The van der Waals surface area contributed by atoms with Crippen LogP contribution in [0.4, 0.5) is 10.5 Å². The Bertz CT molecular complexity index is 867. The Balaban J connectivity index is 1.75. The smallest absolute Gasteiger partial charge is 0.316 e. The van der Waals surface area contributed by atoms with Gasteiger partial charge in [-0.2, -0.15) is 0 Å². The number of urea groups is 1. The largest absolute Gasteiger partial charge is 0.351 e. The number of rotatable bonds is 7. The fourth-order valence-corrected chi connectivity index (χ4v) is 3.72. The van der Waals surface area contributed by atoms with E-state index < -0.39 is 6.03 Å². The van der Waals surface area contributed by atoms with Crippen molar-refractivity contribution in [2.24, 2.45) is 5.73 Å². The zero-order valence-corrected chi connectivity index (χ0v) is 17.5. The molecule has 2 aromatic rings. The minimum Gasteiger partial charge on any atom is -0.351 e. The van der Waals surface area contributed by atoms with E-state index in [1.165, 1.54) is 12.8 Å². The second-order valence-corrected chi connectivity index (χ2v) is 7.90. The summed E-state index contributed by atoms with van der Waals surface area (Å²) in [4.78, 5) is 28.3. The van der Waals surface area contributed by atoms with E-state index in [2.05, 4.69) is 10.2 Å². The lowest BCUT2D eigenvalue weighted by Gasteiger charge is -2.26. The number of nitrogens with zero attached hydrogens (tertiary/aromatic N) is 2. The van der Waals surface area contributed by atoms with Gasteiger partial charge in [0, 0.05) is 30.9 Å². The first-order valence-electron chi connectivity index (χ1n) is 9.54. The van der Waals surface area contributed by atoms with Crippen molar-refractivity contribution in [3.8, 4) is 0 Å². The second-order valence-electron chi connectivity index (χ2n) is 7.09. The van der Waals surface area contributed by atoms with Gasteiger partial charge in [-0.15, -0.1) is 0 Å². The minimum atomic E-state index is -0.643. The van der Waals surface area contributed by atoms with Crippen LogP contribution in [0.25, 0.3) is 0 Å². The molecule has 1 aliphatic heterocycles. The Morgan fingerprint density at radius 1 is 1.03 bits per heavy atom. The molecule has 0 atom stereocenters. The van der Waals surface area contributed by atoms with Gasteiger partial charge in [-0.05, 0) is 67.9 Å². The molecule has 1 heterocycles. The number of likely N-dealkylation sites (tertiary alicyclic amines) is 1. The number of amides is 3.